The lowest BCUT2D eigenvalue weighted by Gasteiger charge is -2.11. The van der Waals surface area contributed by atoms with E-state index in [9.17, 15) is 0 Å². The lowest BCUT2D eigenvalue weighted by Crippen LogP contribution is -2.11. The summed E-state index contributed by atoms with van der Waals surface area (Å²) in [7, 11) is 1.99. The van der Waals surface area contributed by atoms with Crippen LogP contribution in [-0.4, -0.2) is 23.1 Å². The minimum atomic E-state index is 0.927. The van der Waals surface area contributed by atoms with Gasteiger partial charge in [-0.2, -0.15) is 0 Å². The number of rotatable bonds is 5. The van der Waals surface area contributed by atoms with Gasteiger partial charge in [-0.15, -0.1) is 0 Å². The molecule has 0 unspecified atom stereocenters. The first-order valence-corrected chi connectivity index (χ1v) is 7.53. The van der Waals surface area contributed by atoms with E-state index in [0.717, 1.165) is 30.9 Å². The van der Waals surface area contributed by atoms with Crippen molar-refractivity contribution in [3.8, 4) is 11.4 Å². The number of imidazole rings is 1. The zero-order valence-corrected chi connectivity index (χ0v) is 12.6. The van der Waals surface area contributed by atoms with Gasteiger partial charge in [-0.25, -0.2) is 4.98 Å². The van der Waals surface area contributed by atoms with E-state index in [-0.39, 0.29) is 0 Å². The molecule has 108 valence electrons. The van der Waals surface area contributed by atoms with Crippen LogP contribution in [0.2, 0.25) is 0 Å². The van der Waals surface area contributed by atoms with Crippen LogP contribution in [0.1, 0.15) is 12.5 Å². The maximum absolute atomic E-state index is 4.87. The number of aryl methyl sites for hydroxylation is 1. The Morgan fingerprint density at radius 2 is 1.81 bits per heavy atom. The first-order valence-electron chi connectivity index (χ1n) is 7.53. The highest BCUT2D eigenvalue weighted by Gasteiger charge is 2.13. The fourth-order valence-electron chi connectivity index (χ4n) is 2.82. The third-order valence-corrected chi connectivity index (χ3v) is 3.87. The first-order chi connectivity index (χ1) is 10.3. The molecule has 1 heterocycles. The number of fused-ring (bicyclic) bond motifs is 1. The molecule has 0 aliphatic heterocycles. The van der Waals surface area contributed by atoms with Crippen molar-refractivity contribution in [3.63, 3.8) is 0 Å². The largest absolute Gasteiger partial charge is 0.324 e. The standard InChI is InChI=1S/C18H21N3/c1-3-21-17-11-7-6-10-16(17)20-18(21)15-9-5-4-8-14(15)12-13-19-2/h4-11,19H,3,12-13H2,1-2H3. The number of likely N-dealkylation sites (N-methyl/N-ethyl adjacent to an activating group) is 1. The van der Waals surface area contributed by atoms with Crippen LogP contribution in [0.3, 0.4) is 0 Å². The molecule has 0 aliphatic carbocycles. The van der Waals surface area contributed by atoms with Crippen LogP contribution in [0.25, 0.3) is 22.4 Å². The summed E-state index contributed by atoms with van der Waals surface area (Å²) < 4.78 is 2.30. The predicted molar refractivity (Wildman–Crippen MR) is 88.5 cm³/mol. The lowest BCUT2D eigenvalue weighted by molar-refractivity contribution is 0.781. The molecule has 21 heavy (non-hydrogen) atoms. The summed E-state index contributed by atoms with van der Waals surface area (Å²) in [6.45, 7) is 4.08. The van der Waals surface area contributed by atoms with Gasteiger partial charge in [0.05, 0.1) is 11.0 Å². The summed E-state index contributed by atoms with van der Waals surface area (Å²) in [5, 5.41) is 3.22. The summed E-state index contributed by atoms with van der Waals surface area (Å²) in [6.07, 6.45) is 1.01. The Balaban J connectivity index is 2.16. The summed E-state index contributed by atoms with van der Waals surface area (Å²) in [4.78, 5) is 4.87. The van der Waals surface area contributed by atoms with Crippen LogP contribution in [0, 0.1) is 0 Å². The molecular weight excluding hydrogens is 258 g/mol. The van der Waals surface area contributed by atoms with E-state index in [2.05, 4.69) is 59.3 Å². The smallest absolute Gasteiger partial charge is 0.141 e. The Morgan fingerprint density at radius 3 is 2.62 bits per heavy atom. The Hall–Kier alpha value is -2.13. The highest BCUT2D eigenvalue weighted by Crippen LogP contribution is 2.27. The Kier molecular flexibility index (Phi) is 4.02. The van der Waals surface area contributed by atoms with Crippen molar-refractivity contribution in [1.82, 2.24) is 14.9 Å². The molecule has 3 rings (SSSR count). The fraction of sp³-hybridized carbons (Fsp3) is 0.278. The quantitative estimate of drug-likeness (QED) is 0.775. The molecule has 3 heteroatoms. The van der Waals surface area contributed by atoms with Crippen LogP contribution in [0.5, 0.6) is 0 Å². The molecule has 0 spiro atoms. The Bertz CT molecular complexity index is 743. The third kappa shape index (κ3) is 2.57. The predicted octanol–water partition coefficient (Wildman–Crippen LogP) is 3.49. The minimum absolute atomic E-state index is 0.927. The van der Waals surface area contributed by atoms with Crippen molar-refractivity contribution >= 4 is 11.0 Å². The van der Waals surface area contributed by atoms with Crippen molar-refractivity contribution in [1.29, 1.82) is 0 Å². The fourth-order valence-corrected chi connectivity index (χ4v) is 2.82. The van der Waals surface area contributed by atoms with E-state index in [1.54, 1.807) is 0 Å². The van der Waals surface area contributed by atoms with Gasteiger partial charge in [0.25, 0.3) is 0 Å². The molecule has 0 radical (unpaired) electrons. The van der Waals surface area contributed by atoms with Crippen molar-refractivity contribution in [3.05, 3.63) is 54.1 Å². The molecule has 1 N–H and O–H groups in total. The summed E-state index contributed by atoms with van der Waals surface area (Å²) in [5.41, 5.74) is 4.86. The zero-order valence-electron chi connectivity index (χ0n) is 12.6. The summed E-state index contributed by atoms with van der Waals surface area (Å²) >= 11 is 0. The molecule has 2 aromatic carbocycles. The summed E-state index contributed by atoms with van der Waals surface area (Å²) in [6, 6.07) is 16.9. The molecule has 0 atom stereocenters. The molecule has 3 aromatic rings. The maximum Gasteiger partial charge on any atom is 0.141 e. The van der Waals surface area contributed by atoms with Gasteiger partial charge >= 0.3 is 0 Å². The second-order valence-electron chi connectivity index (χ2n) is 5.18. The monoisotopic (exact) mass is 279 g/mol. The van der Waals surface area contributed by atoms with Gasteiger partial charge in [-0.3, -0.25) is 0 Å². The molecule has 0 saturated heterocycles. The Labute approximate surface area is 125 Å². The van der Waals surface area contributed by atoms with Gasteiger partial charge in [-0.05, 0) is 44.6 Å². The molecule has 0 amide bonds. The zero-order chi connectivity index (χ0) is 14.7. The van der Waals surface area contributed by atoms with Crippen LogP contribution in [-0.2, 0) is 13.0 Å². The van der Waals surface area contributed by atoms with E-state index in [4.69, 9.17) is 4.98 Å². The molecule has 0 aliphatic rings. The first kappa shape index (κ1) is 13.8. The third-order valence-electron chi connectivity index (χ3n) is 3.87. The van der Waals surface area contributed by atoms with Crippen molar-refractivity contribution in [2.24, 2.45) is 0 Å². The van der Waals surface area contributed by atoms with Gasteiger partial charge in [0.1, 0.15) is 5.82 Å². The molecule has 0 bridgehead atoms. The van der Waals surface area contributed by atoms with E-state index in [1.165, 1.54) is 16.6 Å². The number of benzene rings is 2. The molecule has 0 saturated carbocycles. The Morgan fingerprint density at radius 1 is 1.05 bits per heavy atom. The van der Waals surface area contributed by atoms with Crippen molar-refractivity contribution in [2.75, 3.05) is 13.6 Å². The van der Waals surface area contributed by atoms with Crippen LogP contribution < -0.4 is 5.32 Å². The van der Waals surface area contributed by atoms with Gasteiger partial charge in [0.15, 0.2) is 0 Å². The average molecular weight is 279 g/mol. The second kappa shape index (κ2) is 6.10. The summed E-state index contributed by atoms with van der Waals surface area (Å²) in [5.74, 6) is 1.07. The van der Waals surface area contributed by atoms with Gasteiger partial charge < -0.3 is 9.88 Å². The average Bonchev–Trinajstić information content (AvgIpc) is 2.91. The van der Waals surface area contributed by atoms with Crippen LogP contribution in [0.15, 0.2) is 48.5 Å². The van der Waals surface area contributed by atoms with E-state index in [0.29, 0.717) is 0 Å². The number of nitrogens with zero attached hydrogens (tertiary/aromatic N) is 2. The second-order valence-corrected chi connectivity index (χ2v) is 5.18. The van der Waals surface area contributed by atoms with Gasteiger partial charge in [-0.1, -0.05) is 36.4 Å². The SMILES string of the molecule is CCn1c(-c2ccccc2CCNC)nc2ccccc21. The minimum Gasteiger partial charge on any atom is -0.324 e. The van der Waals surface area contributed by atoms with E-state index < -0.39 is 0 Å². The topological polar surface area (TPSA) is 29.9 Å². The lowest BCUT2D eigenvalue weighted by atomic mass is 10.0. The van der Waals surface area contributed by atoms with Crippen LogP contribution >= 0.6 is 0 Å². The normalized spacial score (nSPS) is 11.1. The van der Waals surface area contributed by atoms with Gasteiger partial charge in [0.2, 0.25) is 0 Å². The van der Waals surface area contributed by atoms with E-state index >= 15 is 0 Å². The highest BCUT2D eigenvalue weighted by atomic mass is 15.1. The van der Waals surface area contributed by atoms with Crippen LogP contribution in [0.4, 0.5) is 0 Å². The van der Waals surface area contributed by atoms with Gasteiger partial charge in [0, 0.05) is 12.1 Å². The highest BCUT2D eigenvalue weighted by molar-refractivity contribution is 5.81. The maximum atomic E-state index is 4.87. The number of para-hydroxylation sites is 2. The van der Waals surface area contributed by atoms with Crippen molar-refractivity contribution in [2.45, 2.75) is 19.9 Å². The molecule has 0 fully saturated rings. The number of hydrogen-bond acceptors (Lipinski definition) is 2. The molecule has 1 aromatic heterocycles. The number of hydrogen-bond donors (Lipinski definition) is 1. The molecular formula is C18H21N3. The number of aromatic nitrogens is 2. The van der Waals surface area contributed by atoms with E-state index in [1.807, 2.05) is 13.1 Å². The van der Waals surface area contributed by atoms with Crippen molar-refractivity contribution < 1.29 is 0 Å². The molecule has 3 nitrogen and oxygen atoms in total. The number of nitrogens with one attached hydrogen (secondary N) is 1.